The number of carboxylic acids is 1. The normalized spacial score (nSPS) is 12.9. The molecule has 0 aliphatic rings. The molecule has 0 amide bonds. The van der Waals surface area contributed by atoms with Crippen molar-refractivity contribution in [2.75, 3.05) is 0 Å². The lowest BCUT2D eigenvalue weighted by Gasteiger charge is -2.18. The first kappa shape index (κ1) is 36.9. The summed E-state index contributed by atoms with van der Waals surface area (Å²) in [4.78, 5) is 23.2. The Morgan fingerprint density at radius 2 is 1.08 bits per heavy atom. The molecule has 4 nitrogen and oxygen atoms in total. The number of allylic oxidation sites excluding steroid dienone is 8. The van der Waals surface area contributed by atoms with Crippen molar-refractivity contribution in [2.45, 2.75) is 161 Å². The molecule has 0 saturated carbocycles. The number of ether oxygens (including phenoxy) is 1. The third-order valence-electron chi connectivity index (χ3n) is 6.82. The van der Waals surface area contributed by atoms with Crippen LogP contribution < -0.4 is 0 Å². The second kappa shape index (κ2) is 30.4. The van der Waals surface area contributed by atoms with Gasteiger partial charge in [0.25, 0.3) is 0 Å². The van der Waals surface area contributed by atoms with Gasteiger partial charge in [-0.3, -0.25) is 9.59 Å². The minimum absolute atomic E-state index is 0.0157. The van der Waals surface area contributed by atoms with Crippen LogP contribution in [0, 0.1) is 0 Å². The van der Waals surface area contributed by atoms with E-state index >= 15 is 0 Å². The van der Waals surface area contributed by atoms with Crippen molar-refractivity contribution >= 4 is 11.9 Å². The molecule has 224 valence electrons. The van der Waals surface area contributed by atoms with E-state index in [2.05, 4.69) is 62.5 Å². The predicted octanol–water partition coefficient (Wildman–Crippen LogP) is 10.8. The summed E-state index contributed by atoms with van der Waals surface area (Å²) >= 11 is 0. The molecule has 0 aliphatic heterocycles. The number of hydrogen-bond donors (Lipinski definition) is 1. The van der Waals surface area contributed by atoms with Gasteiger partial charge in [0.05, 0.1) is 0 Å². The lowest BCUT2D eigenvalue weighted by atomic mass is 10.0. The Hall–Kier alpha value is -2.10. The average molecular weight is 545 g/mol. The molecule has 0 fully saturated rings. The van der Waals surface area contributed by atoms with Gasteiger partial charge in [0.1, 0.15) is 6.10 Å². The number of carbonyl (C=O) groups excluding carboxylic acids is 1. The van der Waals surface area contributed by atoms with Crippen LogP contribution in [-0.2, 0) is 14.3 Å². The number of carboxylic acid groups (broad SMARTS) is 1. The van der Waals surface area contributed by atoms with E-state index in [-0.39, 0.29) is 18.5 Å². The highest BCUT2D eigenvalue weighted by Crippen LogP contribution is 2.18. The fourth-order valence-electron chi connectivity index (χ4n) is 4.47. The van der Waals surface area contributed by atoms with Crippen LogP contribution in [0.2, 0.25) is 0 Å². The summed E-state index contributed by atoms with van der Waals surface area (Å²) in [6.07, 6.45) is 39.7. The molecule has 0 aromatic carbocycles. The van der Waals surface area contributed by atoms with Crippen LogP contribution in [0.3, 0.4) is 0 Å². The maximum Gasteiger partial charge on any atom is 0.306 e. The summed E-state index contributed by atoms with van der Waals surface area (Å²) in [7, 11) is 0. The lowest BCUT2D eigenvalue weighted by molar-refractivity contribution is -0.150. The van der Waals surface area contributed by atoms with Crippen molar-refractivity contribution in [1.82, 2.24) is 0 Å². The minimum atomic E-state index is -0.720. The Morgan fingerprint density at radius 1 is 0.590 bits per heavy atom. The van der Waals surface area contributed by atoms with Crippen LogP contribution in [-0.4, -0.2) is 23.1 Å². The van der Waals surface area contributed by atoms with E-state index in [4.69, 9.17) is 9.84 Å². The molecule has 0 spiro atoms. The largest absolute Gasteiger partial charge is 0.481 e. The summed E-state index contributed by atoms with van der Waals surface area (Å²) < 4.78 is 5.89. The number of unbranched alkanes of at least 4 members (excludes halogenated alkanes) is 11. The van der Waals surface area contributed by atoms with Crippen LogP contribution in [0.4, 0.5) is 0 Å². The zero-order valence-corrected chi connectivity index (χ0v) is 25.4. The van der Waals surface area contributed by atoms with Gasteiger partial charge in [0, 0.05) is 12.8 Å². The smallest absolute Gasteiger partial charge is 0.306 e. The molecule has 4 heteroatoms. The average Bonchev–Trinajstić information content (AvgIpc) is 2.91. The standard InChI is InChI=1S/C35H60O4/c1-3-5-7-9-11-12-13-14-15-16-17-18-20-22-28-32-35(38)39-33(29-25-21-19-10-8-6-4-2)30-26-23-24-27-31-34(36)37/h5,7,11-12,14-15,17-18,33H,3-4,6,8-10,13,16,19-32H2,1-2H3,(H,36,37)/b7-5-,12-11-,15-14-,18-17-. The van der Waals surface area contributed by atoms with Gasteiger partial charge >= 0.3 is 11.9 Å². The molecule has 1 atom stereocenters. The van der Waals surface area contributed by atoms with Gasteiger partial charge in [0.15, 0.2) is 0 Å². The van der Waals surface area contributed by atoms with Crippen LogP contribution in [0.1, 0.15) is 155 Å². The molecule has 1 unspecified atom stereocenters. The fourth-order valence-corrected chi connectivity index (χ4v) is 4.47. The molecule has 0 heterocycles. The van der Waals surface area contributed by atoms with E-state index in [0.29, 0.717) is 6.42 Å². The Bertz CT molecular complexity index is 674. The zero-order valence-electron chi connectivity index (χ0n) is 25.4. The second-order valence-electron chi connectivity index (χ2n) is 10.6. The maximum atomic E-state index is 12.5. The van der Waals surface area contributed by atoms with Crippen molar-refractivity contribution in [1.29, 1.82) is 0 Å². The first-order valence-electron chi connectivity index (χ1n) is 16.1. The van der Waals surface area contributed by atoms with Crippen molar-refractivity contribution in [2.24, 2.45) is 0 Å². The molecule has 1 N–H and O–H groups in total. The van der Waals surface area contributed by atoms with E-state index in [9.17, 15) is 9.59 Å². The minimum Gasteiger partial charge on any atom is -0.481 e. The van der Waals surface area contributed by atoms with Gasteiger partial charge in [-0.2, -0.15) is 0 Å². The Morgan fingerprint density at radius 3 is 1.64 bits per heavy atom. The first-order valence-corrected chi connectivity index (χ1v) is 16.1. The molecule has 0 aliphatic carbocycles. The highest BCUT2D eigenvalue weighted by atomic mass is 16.5. The summed E-state index contributed by atoms with van der Waals surface area (Å²) in [5, 5.41) is 8.78. The lowest BCUT2D eigenvalue weighted by Crippen LogP contribution is -2.18. The van der Waals surface area contributed by atoms with Crippen LogP contribution in [0.25, 0.3) is 0 Å². The summed E-state index contributed by atoms with van der Waals surface area (Å²) in [5.74, 6) is -0.776. The van der Waals surface area contributed by atoms with E-state index in [1.165, 1.54) is 38.5 Å². The van der Waals surface area contributed by atoms with Gasteiger partial charge in [0.2, 0.25) is 0 Å². The van der Waals surface area contributed by atoms with E-state index in [1.807, 2.05) is 0 Å². The number of hydrogen-bond acceptors (Lipinski definition) is 3. The van der Waals surface area contributed by atoms with Crippen LogP contribution in [0.15, 0.2) is 48.6 Å². The van der Waals surface area contributed by atoms with Gasteiger partial charge in [-0.1, -0.05) is 114 Å². The van der Waals surface area contributed by atoms with E-state index < -0.39 is 5.97 Å². The zero-order chi connectivity index (χ0) is 28.7. The molecule has 39 heavy (non-hydrogen) atoms. The molecule has 0 saturated heterocycles. The summed E-state index contributed by atoms with van der Waals surface area (Å²) in [6.45, 7) is 4.39. The quantitative estimate of drug-likeness (QED) is 0.0604. The third kappa shape index (κ3) is 30.3. The van der Waals surface area contributed by atoms with Gasteiger partial charge in [-0.15, -0.1) is 0 Å². The molecule has 0 bridgehead atoms. The molecular formula is C35H60O4. The SMILES string of the molecule is CC/C=C\C/C=C\C/C=C\C/C=C\CCCCC(=O)OC(CCCCCCCCC)CCCCCCC(=O)O. The highest BCUT2D eigenvalue weighted by molar-refractivity contribution is 5.69. The number of esters is 1. The molecule has 0 radical (unpaired) electrons. The Balaban J connectivity index is 4.08. The Labute approximate surface area is 241 Å². The molecule has 0 aromatic heterocycles. The molecule has 0 aromatic rings. The predicted molar refractivity (Wildman–Crippen MR) is 167 cm³/mol. The van der Waals surface area contributed by atoms with Gasteiger partial charge in [-0.25, -0.2) is 0 Å². The maximum absolute atomic E-state index is 12.5. The molecular weight excluding hydrogens is 484 g/mol. The van der Waals surface area contributed by atoms with Gasteiger partial charge < -0.3 is 9.84 Å². The number of carbonyl (C=O) groups is 2. The highest BCUT2D eigenvalue weighted by Gasteiger charge is 2.14. The number of rotatable bonds is 28. The van der Waals surface area contributed by atoms with Crippen LogP contribution >= 0.6 is 0 Å². The fraction of sp³-hybridized carbons (Fsp3) is 0.714. The van der Waals surface area contributed by atoms with Crippen molar-refractivity contribution < 1.29 is 19.4 Å². The third-order valence-corrected chi connectivity index (χ3v) is 6.82. The van der Waals surface area contributed by atoms with Crippen molar-refractivity contribution in [3.63, 3.8) is 0 Å². The number of aliphatic carboxylic acids is 1. The summed E-state index contributed by atoms with van der Waals surface area (Å²) in [6, 6.07) is 0. The monoisotopic (exact) mass is 544 g/mol. The Kier molecular flexibility index (Phi) is 28.8. The van der Waals surface area contributed by atoms with E-state index in [0.717, 1.165) is 89.9 Å². The first-order chi connectivity index (χ1) is 19.1. The summed E-state index contributed by atoms with van der Waals surface area (Å²) in [5.41, 5.74) is 0. The van der Waals surface area contributed by atoms with E-state index in [1.54, 1.807) is 0 Å². The van der Waals surface area contributed by atoms with Crippen molar-refractivity contribution in [3.05, 3.63) is 48.6 Å². The molecule has 0 rings (SSSR count). The topological polar surface area (TPSA) is 63.6 Å². The van der Waals surface area contributed by atoms with Crippen LogP contribution in [0.5, 0.6) is 0 Å². The van der Waals surface area contributed by atoms with Gasteiger partial charge in [-0.05, 0) is 77.0 Å². The van der Waals surface area contributed by atoms with Crippen molar-refractivity contribution in [3.8, 4) is 0 Å². The second-order valence-corrected chi connectivity index (χ2v) is 10.6.